The summed E-state index contributed by atoms with van der Waals surface area (Å²) in [5, 5.41) is 10.5. The number of thiazole rings is 1. The first-order valence-electron chi connectivity index (χ1n) is 11.2. The van der Waals surface area contributed by atoms with Crippen LogP contribution in [0.3, 0.4) is 0 Å². The standard InChI is InChI=1S/C26H26IN3OS/c1-16(2)31-24-9-6-17(12-18(24)13-28)26-29-14-25(32-26)22-5-3-4-21-20(22)7-8-23(21)30-11-10-19(27)15-30/h3-6,9,12,14,16,19,23H,7-8,10-11,15H2,1-2H3. The van der Waals surface area contributed by atoms with Gasteiger partial charge in [-0.2, -0.15) is 5.26 Å². The van der Waals surface area contributed by atoms with E-state index < -0.39 is 0 Å². The molecule has 2 unspecified atom stereocenters. The molecule has 1 saturated heterocycles. The van der Waals surface area contributed by atoms with Crippen LogP contribution in [0.4, 0.5) is 0 Å². The van der Waals surface area contributed by atoms with E-state index in [0.717, 1.165) is 20.9 Å². The van der Waals surface area contributed by atoms with Crippen molar-refractivity contribution >= 4 is 33.9 Å². The Morgan fingerprint density at radius 2 is 2.12 bits per heavy atom. The van der Waals surface area contributed by atoms with Gasteiger partial charge in [-0.25, -0.2) is 4.98 Å². The highest BCUT2D eigenvalue weighted by atomic mass is 127. The van der Waals surface area contributed by atoms with E-state index in [1.165, 1.54) is 47.5 Å². The number of alkyl halides is 1. The maximum atomic E-state index is 9.57. The summed E-state index contributed by atoms with van der Waals surface area (Å²) in [7, 11) is 0. The van der Waals surface area contributed by atoms with Crippen LogP contribution in [0.5, 0.6) is 5.75 Å². The third-order valence-electron chi connectivity index (χ3n) is 6.32. The number of nitrogens with zero attached hydrogens (tertiary/aromatic N) is 3. The van der Waals surface area contributed by atoms with E-state index in [-0.39, 0.29) is 6.10 Å². The molecule has 2 atom stereocenters. The first-order chi connectivity index (χ1) is 15.5. The molecule has 6 heteroatoms. The van der Waals surface area contributed by atoms with Gasteiger partial charge in [-0.1, -0.05) is 40.8 Å². The van der Waals surface area contributed by atoms with E-state index in [0.29, 0.717) is 17.4 Å². The molecule has 3 aromatic rings. The number of hydrogen-bond donors (Lipinski definition) is 0. The summed E-state index contributed by atoms with van der Waals surface area (Å²) in [4.78, 5) is 8.59. The van der Waals surface area contributed by atoms with E-state index in [9.17, 15) is 5.26 Å². The van der Waals surface area contributed by atoms with Crippen molar-refractivity contribution in [3.05, 3.63) is 59.3 Å². The molecule has 4 nitrogen and oxygen atoms in total. The SMILES string of the molecule is CC(C)Oc1ccc(-c2ncc(-c3cccc4c3CCC4N3CCC(I)C3)s2)cc1C#N. The summed E-state index contributed by atoms with van der Waals surface area (Å²) >= 11 is 4.30. The molecule has 5 rings (SSSR count). The molecule has 0 bridgehead atoms. The number of nitriles is 1. The Balaban J connectivity index is 1.44. The Morgan fingerprint density at radius 3 is 2.88 bits per heavy atom. The minimum atomic E-state index is 0.0340. The molecule has 1 fully saturated rings. The number of aromatic nitrogens is 1. The quantitative estimate of drug-likeness (QED) is 0.262. The van der Waals surface area contributed by atoms with Gasteiger partial charge in [0.05, 0.1) is 16.5 Å². The van der Waals surface area contributed by atoms with Gasteiger partial charge in [0.25, 0.3) is 0 Å². The Labute approximate surface area is 207 Å². The molecule has 1 aromatic heterocycles. The van der Waals surface area contributed by atoms with Crippen molar-refractivity contribution in [2.24, 2.45) is 0 Å². The van der Waals surface area contributed by atoms with Crippen LogP contribution in [0.1, 0.15) is 49.4 Å². The van der Waals surface area contributed by atoms with Gasteiger partial charge < -0.3 is 4.74 Å². The number of likely N-dealkylation sites (tertiary alicyclic amines) is 1. The maximum Gasteiger partial charge on any atom is 0.137 e. The minimum Gasteiger partial charge on any atom is -0.490 e. The van der Waals surface area contributed by atoms with Gasteiger partial charge in [0.1, 0.15) is 16.8 Å². The van der Waals surface area contributed by atoms with Gasteiger partial charge in [-0.05, 0) is 74.5 Å². The van der Waals surface area contributed by atoms with Crippen LogP contribution in [0.2, 0.25) is 0 Å². The molecule has 0 N–H and O–H groups in total. The lowest BCUT2D eigenvalue weighted by Crippen LogP contribution is -2.25. The van der Waals surface area contributed by atoms with Gasteiger partial charge in [-0.15, -0.1) is 11.3 Å². The van der Waals surface area contributed by atoms with Gasteiger partial charge in [0, 0.05) is 28.3 Å². The highest BCUT2D eigenvalue weighted by Gasteiger charge is 2.33. The van der Waals surface area contributed by atoms with Crippen molar-refractivity contribution in [3.8, 4) is 32.8 Å². The number of benzene rings is 2. The molecular formula is C26H26IN3OS. The summed E-state index contributed by atoms with van der Waals surface area (Å²) in [5.41, 5.74) is 5.83. The number of halogens is 1. The number of fused-ring (bicyclic) bond motifs is 1. The summed E-state index contributed by atoms with van der Waals surface area (Å²) in [5.74, 6) is 0.630. The predicted octanol–water partition coefficient (Wildman–Crippen LogP) is 6.63. The van der Waals surface area contributed by atoms with Crippen LogP contribution < -0.4 is 4.74 Å². The highest BCUT2D eigenvalue weighted by molar-refractivity contribution is 14.1. The first kappa shape index (κ1) is 21.9. The van der Waals surface area contributed by atoms with Crippen LogP contribution in [-0.4, -0.2) is 33.0 Å². The smallest absolute Gasteiger partial charge is 0.137 e. The van der Waals surface area contributed by atoms with E-state index in [1.807, 2.05) is 38.2 Å². The fourth-order valence-corrected chi connectivity index (χ4v) is 6.66. The largest absolute Gasteiger partial charge is 0.490 e. The van der Waals surface area contributed by atoms with Gasteiger partial charge in [0.15, 0.2) is 0 Å². The topological polar surface area (TPSA) is 49.1 Å². The second-order valence-electron chi connectivity index (χ2n) is 8.83. The molecule has 2 aliphatic rings. The van der Waals surface area contributed by atoms with Crippen molar-refractivity contribution in [2.45, 2.75) is 49.2 Å². The average Bonchev–Trinajstić information content (AvgIpc) is 3.52. The van der Waals surface area contributed by atoms with Crippen molar-refractivity contribution in [3.63, 3.8) is 0 Å². The lowest BCUT2D eigenvalue weighted by atomic mass is 10.0. The summed E-state index contributed by atoms with van der Waals surface area (Å²) in [6, 6.07) is 15.4. The lowest BCUT2D eigenvalue weighted by Gasteiger charge is -2.24. The molecule has 0 amide bonds. The molecule has 1 aliphatic carbocycles. The second-order valence-corrected chi connectivity index (χ2v) is 11.6. The number of hydrogen-bond acceptors (Lipinski definition) is 5. The fraction of sp³-hybridized carbons (Fsp3) is 0.385. The van der Waals surface area contributed by atoms with Crippen molar-refractivity contribution in [1.29, 1.82) is 5.26 Å². The van der Waals surface area contributed by atoms with Crippen LogP contribution in [0.15, 0.2) is 42.6 Å². The molecule has 2 aromatic carbocycles. The normalized spacial score (nSPS) is 20.5. The van der Waals surface area contributed by atoms with Gasteiger partial charge in [0.2, 0.25) is 0 Å². The molecule has 0 spiro atoms. The average molecular weight is 555 g/mol. The van der Waals surface area contributed by atoms with Crippen molar-refractivity contribution in [2.75, 3.05) is 13.1 Å². The number of rotatable bonds is 5. The molecule has 2 heterocycles. The van der Waals surface area contributed by atoms with E-state index in [1.54, 1.807) is 11.3 Å². The second kappa shape index (κ2) is 9.12. The molecule has 164 valence electrons. The molecule has 1 aliphatic heterocycles. The Kier molecular flexibility index (Phi) is 6.24. The van der Waals surface area contributed by atoms with E-state index >= 15 is 0 Å². The van der Waals surface area contributed by atoms with Crippen molar-refractivity contribution in [1.82, 2.24) is 9.88 Å². The van der Waals surface area contributed by atoms with Crippen molar-refractivity contribution < 1.29 is 4.74 Å². The van der Waals surface area contributed by atoms with Crippen LogP contribution in [0, 0.1) is 11.3 Å². The van der Waals surface area contributed by atoms with Crippen LogP contribution in [-0.2, 0) is 6.42 Å². The van der Waals surface area contributed by atoms with Crippen LogP contribution >= 0.6 is 33.9 Å². The fourth-order valence-electron chi connectivity index (χ4n) is 4.91. The zero-order valence-electron chi connectivity index (χ0n) is 18.3. The van der Waals surface area contributed by atoms with Crippen LogP contribution in [0.25, 0.3) is 21.0 Å². The summed E-state index contributed by atoms with van der Waals surface area (Å²) in [6.07, 6.45) is 5.67. The zero-order chi connectivity index (χ0) is 22.2. The first-order valence-corrected chi connectivity index (χ1v) is 13.3. The summed E-state index contributed by atoms with van der Waals surface area (Å²) < 4.78 is 6.54. The van der Waals surface area contributed by atoms with E-state index in [4.69, 9.17) is 9.72 Å². The zero-order valence-corrected chi connectivity index (χ0v) is 21.3. The Morgan fingerprint density at radius 1 is 1.25 bits per heavy atom. The lowest BCUT2D eigenvalue weighted by molar-refractivity contribution is 0.242. The molecule has 0 radical (unpaired) electrons. The molecule has 0 saturated carbocycles. The predicted molar refractivity (Wildman–Crippen MR) is 139 cm³/mol. The van der Waals surface area contributed by atoms with Gasteiger partial charge in [-0.3, -0.25) is 4.90 Å². The Hall–Kier alpha value is -1.95. The summed E-state index contributed by atoms with van der Waals surface area (Å²) in [6.45, 7) is 6.35. The minimum absolute atomic E-state index is 0.0340. The molecule has 32 heavy (non-hydrogen) atoms. The highest BCUT2D eigenvalue weighted by Crippen LogP contribution is 2.44. The Bertz CT molecular complexity index is 1180. The third kappa shape index (κ3) is 4.18. The third-order valence-corrected chi connectivity index (χ3v) is 8.42. The molecular weight excluding hydrogens is 529 g/mol. The monoisotopic (exact) mass is 555 g/mol. The van der Waals surface area contributed by atoms with E-state index in [2.05, 4.69) is 51.8 Å². The van der Waals surface area contributed by atoms with Gasteiger partial charge >= 0.3 is 0 Å². The maximum absolute atomic E-state index is 9.57. The number of ether oxygens (including phenoxy) is 1.